The lowest BCUT2D eigenvalue weighted by Crippen LogP contribution is -2.44. The fourth-order valence-corrected chi connectivity index (χ4v) is 2.97. The number of hydrogen-bond acceptors (Lipinski definition) is 2. The van der Waals surface area contributed by atoms with Gasteiger partial charge >= 0.3 is 12.0 Å². The number of benzene rings is 1. The Bertz CT molecular complexity index is 533. The number of nitrogens with zero attached hydrogens (tertiary/aromatic N) is 1. The van der Waals surface area contributed by atoms with Crippen LogP contribution in [0, 0.1) is 16.4 Å². The molecule has 2 rings (SSSR count). The van der Waals surface area contributed by atoms with E-state index in [-0.39, 0.29) is 12.6 Å². The van der Waals surface area contributed by atoms with Crippen LogP contribution in [0.2, 0.25) is 0 Å². The third kappa shape index (κ3) is 3.62. The quantitative estimate of drug-likeness (QED) is 0.766. The van der Waals surface area contributed by atoms with Crippen LogP contribution >= 0.6 is 22.6 Å². The molecule has 20 heavy (non-hydrogen) atoms. The molecule has 1 unspecified atom stereocenters. The summed E-state index contributed by atoms with van der Waals surface area (Å²) >= 11 is 2.22. The molecule has 108 valence electrons. The first kappa shape index (κ1) is 15.1. The number of likely N-dealkylation sites (tertiary alicyclic amines) is 1. The second kappa shape index (κ2) is 6.43. The van der Waals surface area contributed by atoms with Crippen LogP contribution in [0.5, 0.6) is 0 Å². The van der Waals surface area contributed by atoms with Crippen molar-refractivity contribution >= 4 is 40.3 Å². The first-order valence-electron chi connectivity index (χ1n) is 6.52. The summed E-state index contributed by atoms with van der Waals surface area (Å²) in [6, 6.07) is 5.57. The fraction of sp³-hybridized carbons (Fsp3) is 0.429. The molecule has 1 saturated heterocycles. The van der Waals surface area contributed by atoms with Crippen LogP contribution in [-0.4, -0.2) is 35.1 Å². The topological polar surface area (TPSA) is 69.6 Å². The molecular formula is C14H17IN2O3. The summed E-state index contributed by atoms with van der Waals surface area (Å²) in [7, 11) is 0. The highest BCUT2D eigenvalue weighted by atomic mass is 127. The Morgan fingerprint density at radius 1 is 1.45 bits per heavy atom. The Labute approximate surface area is 131 Å². The van der Waals surface area contributed by atoms with Crippen LogP contribution in [0.1, 0.15) is 18.4 Å². The van der Waals surface area contributed by atoms with E-state index < -0.39 is 11.9 Å². The van der Waals surface area contributed by atoms with Crippen LogP contribution in [-0.2, 0) is 4.79 Å². The highest BCUT2D eigenvalue weighted by molar-refractivity contribution is 14.1. The van der Waals surface area contributed by atoms with Gasteiger partial charge in [-0.15, -0.1) is 0 Å². The molecule has 1 aromatic rings. The van der Waals surface area contributed by atoms with Gasteiger partial charge < -0.3 is 15.3 Å². The monoisotopic (exact) mass is 388 g/mol. The van der Waals surface area contributed by atoms with E-state index in [0.717, 1.165) is 21.2 Å². The highest BCUT2D eigenvalue weighted by Crippen LogP contribution is 2.20. The zero-order valence-corrected chi connectivity index (χ0v) is 13.4. The van der Waals surface area contributed by atoms with E-state index in [9.17, 15) is 9.59 Å². The molecule has 1 aliphatic rings. The molecule has 1 aliphatic heterocycles. The van der Waals surface area contributed by atoms with Gasteiger partial charge in [-0.1, -0.05) is 0 Å². The number of urea groups is 1. The average Bonchev–Trinajstić information content (AvgIpc) is 2.42. The van der Waals surface area contributed by atoms with E-state index >= 15 is 0 Å². The minimum Gasteiger partial charge on any atom is -0.481 e. The number of carboxylic acids is 1. The van der Waals surface area contributed by atoms with Crippen LogP contribution in [0.25, 0.3) is 0 Å². The van der Waals surface area contributed by atoms with E-state index in [0.29, 0.717) is 13.0 Å². The minimum absolute atomic E-state index is 0.222. The number of halogens is 1. The third-order valence-electron chi connectivity index (χ3n) is 3.49. The van der Waals surface area contributed by atoms with Crippen molar-refractivity contribution in [3.63, 3.8) is 0 Å². The van der Waals surface area contributed by atoms with Crippen molar-refractivity contribution < 1.29 is 14.7 Å². The summed E-state index contributed by atoms with van der Waals surface area (Å²) in [6.07, 6.45) is 1.37. The van der Waals surface area contributed by atoms with Crippen molar-refractivity contribution in [3.05, 3.63) is 27.3 Å². The Morgan fingerprint density at radius 3 is 2.85 bits per heavy atom. The summed E-state index contributed by atoms with van der Waals surface area (Å²) in [6.45, 7) is 2.83. The number of aryl methyl sites for hydroxylation is 1. The van der Waals surface area contributed by atoms with Gasteiger partial charge in [-0.05, 0) is 66.1 Å². The number of carbonyl (C=O) groups excluding carboxylic acids is 1. The maximum Gasteiger partial charge on any atom is 0.321 e. The molecule has 0 bridgehead atoms. The second-order valence-corrected chi connectivity index (χ2v) is 6.26. The summed E-state index contributed by atoms with van der Waals surface area (Å²) in [5.41, 5.74) is 1.77. The molecule has 1 atom stereocenters. The highest BCUT2D eigenvalue weighted by Gasteiger charge is 2.28. The largest absolute Gasteiger partial charge is 0.481 e. The minimum atomic E-state index is -0.826. The van der Waals surface area contributed by atoms with E-state index in [1.165, 1.54) is 0 Å². The van der Waals surface area contributed by atoms with Crippen molar-refractivity contribution in [1.82, 2.24) is 4.90 Å². The smallest absolute Gasteiger partial charge is 0.321 e. The van der Waals surface area contributed by atoms with E-state index in [2.05, 4.69) is 27.9 Å². The fourth-order valence-electron chi connectivity index (χ4n) is 2.32. The van der Waals surface area contributed by atoms with Gasteiger partial charge in [0.15, 0.2) is 0 Å². The predicted octanol–water partition coefficient (Wildman–Crippen LogP) is 2.93. The van der Waals surface area contributed by atoms with Crippen molar-refractivity contribution in [2.24, 2.45) is 5.92 Å². The number of carbonyl (C=O) groups is 2. The van der Waals surface area contributed by atoms with E-state index in [1.807, 2.05) is 25.1 Å². The lowest BCUT2D eigenvalue weighted by molar-refractivity contribution is -0.143. The second-order valence-electron chi connectivity index (χ2n) is 5.01. The number of anilines is 1. The van der Waals surface area contributed by atoms with Crippen LogP contribution in [0.15, 0.2) is 18.2 Å². The number of amides is 2. The molecule has 1 aromatic carbocycles. The van der Waals surface area contributed by atoms with Crippen molar-refractivity contribution in [2.75, 3.05) is 18.4 Å². The Hall–Kier alpha value is -1.31. The standard InChI is InChI=1S/C14H17IN2O3/c1-9-7-11(15)4-5-12(9)16-14(20)17-6-2-3-10(8-17)13(18)19/h4-5,7,10H,2-3,6,8H2,1H3,(H,16,20)(H,18,19). The Morgan fingerprint density at radius 2 is 2.20 bits per heavy atom. The third-order valence-corrected chi connectivity index (χ3v) is 4.16. The normalized spacial score (nSPS) is 18.7. The molecule has 0 spiro atoms. The predicted molar refractivity (Wildman–Crippen MR) is 84.8 cm³/mol. The lowest BCUT2D eigenvalue weighted by Gasteiger charge is -2.30. The summed E-state index contributed by atoms with van der Waals surface area (Å²) in [4.78, 5) is 24.8. The summed E-state index contributed by atoms with van der Waals surface area (Å²) in [5.74, 6) is -1.28. The SMILES string of the molecule is Cc1cc(I)ccc1NC(=O)N1CCCC(C(=O)O)C1. The van der Waals surface area contributed by atoms with Crippen molar-refractivity contribution in [3.8, 4) is 0 Å². The first-order valence-corrected chi connectivity index (χ1v) is 7.60. The van der Waals surface area contributed by atoms with Crippen molar-refractivity contribution in [1.29, 1.82) is 0 Å². The van der Waals surface area contributed by atoms with Gasteiger partial charge in [-0.2, -0.15) is 0 Å². The molecule has 5 nitrogen and oxygen atoms in total. The number of nitrogens with one attached hydrogen (secondary N) is 1. The van der Waals surface area contributed by atoms with E-state index in [4.69, 9.17) is 5.11 Å². The van der Waals surface area contributed by atoms with E-state index in [1.54, 1.807) is 4.90 Å². The molecule has 2 N–H and O–H groups in total. The van der Waals surface area contributed by atoms with Crippen molar-refractivity contribution in [2.45, 2.75) is 19.8 Å². The molecule has 0 saturated carbocycles. The molecule has 0 radical (unpaired) electrons. The van der Waals surface area contributed by atoms with Gasteiger partial charge in [0.25, 0.3) is 0 Å². The number of piperidine rings is 1. The van der Waals surface area contributed by atoms with Crippen LogP contribution in [0.3, 0.4) is 0 Å². The number of rotatable bonds is 2. The van der Waals surface area contributed by atoms with Gasteiger partial charge in [-0.25, -0.2) is 4.79 Å². The average molecular weight is 388 g/mol. The molecular weight excluding hydrogens is 371 g/mol. The van der Waals surface area contributed by atoms with Gasteiger partial charge in [0.1, 0.15) is 0 Å². The maximum atomic E-state index is 12.2. The zero-order valence-electron chi connectivity index (χ0n) is 11.2. The number of hydrogen-bond donors (Lipinski definition) is 2. The van der Waals surface area contributed by atoms with Crippen LogP contribution < -0.4 is 5.32 Å². The first-order chi connectivity index (χ1) is 9.47. The molecule has 1 heterocycles. The van der Waals surface area contributed by atoms with Crippen LogP contribution in [0.4, 0.5) is 10.5 Å². The number of carboxylic acid groups (broad SMARTS) is 1. The van der Waals surface area contributed by atoms with Gasteiger partial charge in [0.05, 0.1) is 5.92 Å². The molecule has 6 heteroatoms. The molecule has 0 aliphatic carbocycles. The molecule has 1 fully saturated rings. The van der Waals surface area contributed by atoms with Gasteiger partial charge in [0.2, 0.25) is 0 Å². The zero-order chi connectivity index (χ0) is 14.7. The molecule has 2 amide bonds. The summed E-state index contributed by atoms with van der Waals surface area (Å²) < 4.78 is 1.11. The molecule has 0 aromatic heterocycles. The Balaban J connectivity index is 2.02. The van der Waals surface area contributed by atoms with Gasteiger partial charge in [0, 0.05) is 22.3 Å². The number of aliphatic carboxylic acids is 1. The lowest BCUT2D eigenvalue weighted by atomic mass is 9.99. The maximum absolute atomic E-state index is 12.2. The van der Waals surface area contributed by atoms with Gasteiger partial charge in [-0.3, -0.25) is 4.79 Å². The summed E-state index contributed by atoms with van der Waals surface area (Å²) in [5, 5.41) is 11.9. The Kier molecular flexibility index (Phi) is 4.85.